The highest BCUT2D eigenvalue weighted by atomic mass is 32.1. The van der Waals surface area contributed by atoms with Crippen molar-refractivity contribution in [2.24, 2.45) is 5.73 Å². The smallest absolute Gasteiger partial charge is 0.0478 e. The molecule has 0 radical (unpaired) electrons. The van der Waals surface area contributed by atoms with E-state index in [0.717, 1.165) is 6.54 Å². The Balaban J connectivity index is 2.63. The predicted octanol–water partition coefficient (Wildman–Crippen LogP) is 3.65. The Morgan fingerprint density at radius 2 is 1.88 bits per heavy atom. The molecule has 1 atom stereocenters. The molecule has 1 rings (SSSR count). The standard InChI is InChI=1S/C14H26N2S/c1-3-5-8-16(9-6-4-2)14(11-15)13-7-10-17-12-13/h7,10,12,14H,3-6,8-9,11,15H2,1-2H3. The van der Waals surface area contributed by atoms with E-state index < -0.39 is 0 Å². The number of nitrogens with zero attached hydrogens (tertiary/aromatic N) is 1. The lowest BCUT2D eigenvalue weighted by Crippen LogP contribution is -2.35. The Bertz CT molecular complexity index is 264. The van der Waals surface area contributed by atoms with Crippen LogP contribution in [0.4, 0.5) is 0 Å². The summed E-state index contributed by atoms with van der Waals surface area (Å²) in [5.74, 6) is 0. The van der Waals surface area contributed by atoms with Gasteiger partial charge in [0.25, 0.3) is 0 Å². The highest BCUT2D eigenvalue weighted by Crippen LogP contribution is 2.23. The van der Waals surface area contributed by atoms with Gasteiger partial charge in [0, 0.05) is 12.6 Å². The lowest BCUT2D eigenvalue weighted by molar-refractivity contribution is 0.196. The molecule has 1 heterocycles. The number of hydrogen-bond donors (Lipinski definition) is 1. The molecule has 1 aromatic rings. The molecule has 3 heteroatoms. The molecule has 0 bridgehead atoms. The highest BCUT2D eigenvalue weighted by molar-refractivity contribution is 7.07. The van der Waals surface area contributed by atoms with Gasteiger partial charge in [0.05, 0.1) is 0 Å². The summed E-state index contributed by atoms with van der Waals surface area (Å²) in [5.41, 5.74) is 7.36. The van der Waals surface area contributed by atoms with Gasteiger partial charge in [-0.2, -0.15) is 11.3 Å². The molecule has 0 aromatic carbocycles. The molecule has 0 aliphatic rings. The Kier molecular flexibility index (Phi) is 7.49. The minimum Gasteiger partial charge on any atom is -0.329 e. The summed E-state index contributed by atoms with van der Waals surface area (Å²) in [4.78, 5) is 2.56. The van der Waals surface area contributed by atoms with Crippen molar-refractivity contribution >= 4 is 11.3 Å². The minimum atomic E-state index is 0.416. The van der Waals surface area contributed by atoms with Crippen LogP contribution < -0.4 is 5.73 Å². The zero-order chi connectivity index (χ0) is 12.5. The van der Waals surface area contributed by atoms with Crippen LogP contribution in [0.1, 0.15) is 51.1 Å². The summed E-state index contributed by atoms with van der Waals surface area (Å²) in [6.45, 7) is 7.58. The van der Waals surface area contributed by atoms with Crippen LogP contribution in [-0.2, 0) is 0 Å². The van der Waals surface area contributed by atoms with E-state index in [2.05, 4.69) is 35.6 Å². The van der Waals surface area contributed by atoms with Crippen molar-refractivity contribution in [3.05, 3.63) is 22.4 Å². The van der Waals surface area contributed by atoms with Gasteiger partial charge in [0.1, 0.15) is 0 Å². The number of unbranched alkanes of at least 4 members (excludes halogenated alkanes) is 2. The van der Waals surface area contributed by atoms with E-state index in [0.29, 0.717) is 6.04 Å². The maximum Gasteiger partial charge on any atom is 0.0478 e. The van der Waals surface area contributed by atoms with Crippen molar-refractivity contribution in [2.45, 2.75) is 45.6 Å². The molecular weight excluding hydrogens is 228 g/mol. The van der Waals surface area contributed by atoms with E-state index in [9.17, 15) is 0 Å². The van der Waals surface area contributed by atoms with E-state index in [-0.39, 0.29) is 0 Å². The van der Waals surface area contributed by atoms with Crippen molar-refractivity contribution in [1.82, 2.24) is 4.90 Å². The quantitative estimate of drug-likeness (QED) is 0.729. The van der Waals surface area contributed by atoms with Gasteiger partial charge in [-0.25, -0.2) is 0 Å². The molecule has 0 saturated heterocycles. The Labute approximate surface area is 110 Å². The fourth-order valence-electron chi connectivity index (χ4n) is 2.11. The van der Waals surface area contributed by atoms with Gasteiger partial charge in [-0.3, -0.25) is 4.90 Å². The summed E-state index contributed by atoms with van der Waals surface area (Å²) in [6.07, 6.45) is 5.04. The number of thiophene rings is 1. The number of rotatable bonds is 9. The van der Waals surface area contributed by atoms with Crippen molar-refractivity contribution in [1.29, 1.82) is 0 Å². The first-order chi connectivity index (χ1) is 8.33. The second-order valence-corrected chi connectivity index (χ2v) is 5.33. The van der Waals surface area contributed by atoms with E-state index >= 15 is 0 Å². The molecule has 0 amide bonds. The molecule has 0 saturated carbocycles. The molecule has 1 aromatic heterocycles. The SMILES string of the molecule is CCCCN(CCCC)C(CN)c1ccsc1. The predicted molar refractivity (Wildman–Crippen MR) is 77.5 cm³/mol. The van der Waals surface area contributed by atoms with Gasteiger partial charge >= 0.3 is 0 Å². The number of nitrogens with two attached hydrogens (primary N) is 1. The molecule has 0 aliphatic heterocycles. The number of hydrogen-bond acceptors (Lipinski definition) is 3. The van der Waals surface area contributed by atoms with E-state index in [4.69, 9.17) is 5.73 Å². The van der Waals surface area contributed by atoms with Gasteiger partial charge in [-0.05, 0) is 48.3 Å². The fraction of sp³-hybridized carbons (Fsp3) is 0.714. The molecule has 17 heavy (non-hydrogen) atoms. The molecule has 2 N–H and O–H groups in total. The lowest BCUT2D eigenvalue weighted by Gasteiger charge is -2.30. The molecule has 98 valence electrons. The maximum absolute atomic E-state index is 5.97. The summed E-state index contributed by atoms with van der Waals surface area (Å²) in [5, 5.41) is 4.39. The van der Waals surface area contributed by atoms with Gasteiger partial charge in [0.2, 0.25) is 0 Å². The van der Waals surface area contributed by atoms with Crippen LogP contribution in [0.15, 0.2) is 16.8 Å². The second kappa shape index (κ2) is 8.67. The van der Waals surface area contributed by atoms with Crippen LogP contribution in [0.2, 0.25) is 0 Å². The largest absolute Gasteiger partial charge is 0.329 e. The third-order valence-electron chi connectivity index (χ3n) is 3.19. The Morgan fingerprint density at radius 1 is 1.24 bits per heavy atom. The Morgan fingerprint density at radius 3 is 2.29 bits per heavy atom. The van der Waals surface area contributed by atoms with Crippen molar-refractivity contribution in [3.8, 4) is 0 Å². The first kappa shape index (κ1) is 14.7. The van der Waals surface area contributed by atoms with E-state index in [1.807, 2.05) is 0 Å². The van der Waals surface area contributed by atoms with Crippen LogP contribution in [-0.4, -0.2) is 24.5 Å². The first-order valence-electron chi connectivity index (χ1n) is 6.79. The highest BCUT2D eigenvalue weighted by Gasteiger charge is 2.18. The first-order valence-corrected chi connectivity index (χ1v) is 7.73. The molecule has 0 aliphatic carbocycles. The molecular formula is C14H26N2S. The molecule has 1 unspecified atom stereocenters. The van der Waals surface area contributed by atoms with Crippen molar-refractivity contribution in [2.75, 3.05) is 19.6 Å². The van der Waals surface area contributed by atoms with Gasteiger partial charge in [-0.15, -0.1) is 0 Å². The van der Waals surface area contributed by atoms with E-state index in [1.165, 1.54) is 44.3 Å². The molecule has 0 spiro atoms. The summed E-state index contributed by atoms with van der Waals surface area (Å²) >= 11 is 1.77. The van der Waals surface area contributed by atoms with E-state index in [1.54, 1.807) is 11.3 Å². The van der Waals surface area contributed by atoms with Crippen molar-refractivity contribution in [3.63, 3.8) is 0 Å². The van der Waals surface area contributed by atoms with Crippen LogP contribution >= 0.6 is 11.3 Å². The normalized spacial score (nSPS) is 13.2. The van der Waals surface area contributed by atoms with Gasteiger partial charge in [-0.1, -0.05) is 26.7 Å². The summed E-state index contributed by atoms with van der Waals surface area (Å²) < 4.78 is 0. The van der Waals surface area contributed by atoms with Crippen LogP contribution in [0.3, 0.4) is 0 Å². The van der Waals surface area contributed by atoms with Crippen LogP contribution in [0, 0.1) is 0 Å². The molecule has 0 fully saturated rings. The zero-order valence-corrected chi connectivity index (χ0v) is 12.0. The minimum absolute atomic E-state index is 0.416. The fourth-order valence-corrected chi connectivity index (χ4v) is 2.81. The van der Waals surface area contributed by atoms with Gasteiger partial charge in [0.15, 0.2) is 0 Å². The monoisotopic (exact) mass is 254 g/mol. The van der Waals surface area contributed by atoms with Crippen molar-refractivity contribution < 1.29 is 0 Å². The maximum atomic E-state index is 5.97. The average molecular weight is 254 g/mol. The topological polar surface area (TPSA) is 29.3 Å². The summed E-state index contributed by atoms with van der Waals surface area (Å²) in [6, 6.07) is 2.63. The summed E-state index contributed by atoms with van der Waals surface area (Å²) in [7, 11) is 0. The van der Waals surface area contributed by atoms with Crippen LogP contribution in [0.5, 0.6) is 0 Å². The van der Waals surface area contributed by atoms with Gasteiger partial charge < -0.3 is 5.73 Å². The van der Waals surface area contributed by atoms with Crippen LogP contribution in [0.25, 0.3) is 0 Å². The zero-order valence-electron chi connectivity index (χ0n) is 11.2. The second-order valence-electron chi connectivity index (χ2n) is 4.55. The third-order valence-corrected chi connectivity index (χ3v) is 3.89. The Hall–Kier alpha value is -0.380. The molecule has 2 nitrogen and oxygen atoms in total. The average Bonchev–Trinajstić information content (AvgIpc) is 2.86. The third kappa shape index (κ3) is 4.78. The lowest BCUT2D eigenvalue weighted by atomic mass is 10.1.